The van der Waals surface area contributed by atoms with Gasteiger partial charge >= 0.3 is 0 Å². The molecular formula is C23H27N5O2. The summed E-state index contributed by atoms with van der Waals surface area (Å²) in [7, 11) is 1.61. The van der Waals surface area contributed by atoms with Gasteiger partial charge in [0.2, 0.25) is 11.8 Å². The number of hydrogen-bond acceptors (Lipinski definition) is 7. The minimum atomic E-state index is 0.143. The zero-order valence-electron chi connectivity index (χ0n) is 17.8. The van der Waals surface area contributed by atoms with E-state index in [1.807, 2.05) is 18.3 Å². The molecule has 1 saturated heterocycles. The fourth-order valence-electron chi connectivity index (χ4n) is 3.66. The maximum atomic E-state index is 5.82. The van der Waals surface area contributed by atoms with Crippen LogP contribution < -0.4 is 15.0 Å². The molecule has 2 aromatic heterocycles. The lowest BCUT2D eigenvalue weighted by Crippen LogP contribution is -2.46. The van der Waals surface area contributed by atoms with E-state index in [0.29, 0.717) is 17.6 Å². The van der Waals surface area contributed by atoms with Crippen LogP contribution in [0.3, 0.4) is 0 Å². The Morgan fingerprint density at radius 3 is 2.47 bits per heavy atom. The van der Waals surface area contributed by atoms with Crippen molar-refractivity contribution < 1.29 is 9.47 Å². The lowest BCUT2D eigenvalue weighted by molar-refractivity contribution is -0.00571. The van der Waals surface area contributed by atoms with Crippen molar-refractivity contribution in [3.8, 4) is 17.0 Å². The number of benzene rings is 1. The Hall–Kier alpha value is -3.19. The molecule has 4 rings (SSSR count). The predicted molar refractivity (Wildman–Crippen MR) is 118 cm³/mol. The van der Waals surface area contributed by atoms with E-state index in [0.717, 1.165) is 29.9 Å². The van der Waals surface area contributed by atoms with Crippen molar-refractivity contribution in [1.82, 2.24) is 15.0 Å². The Bertz CT molecular complexity index is 999. The number of nitrogens with one attached hydrogen (secondary N) is 1. The molecule has 0 amide bonds. The molecule has 1 aliphatic heterocycles. The van der Waals surface area contributed by atoms with Crippen LogP contribution in [-0.4, -0.2) is 47.4 Å². The molecular weight excluding hydrogens is 378 g/mol. The Morgan fingerprint density at radius 1 is 1.03 bits per heavy atom. The van der Waals surface area contributed by atoms with Crippen molar-refractivity contribution in [2.45, 2.75) is 33.0 Å². The fourth-order valence-corrected chi connectivity index (χ4v) is 3.66. The van der Waals surface area contributed by atoms with Gasteiger partial charge in [0.25, 0.3) is 0 Å². The summed E-state index contributed by atoms with van der Waals surface area (Å²) >= 11 is 0. The lowest BCUT2D eigenvalue weighted by atomic mass is 10.1. The summed E-state index contributed by atoms with van der Waals surface area (Å²) in [5.41, 5.74) is 4.07. The maximum absolute atomic E-state index is 5.82. The topological polar surface area (TPSA) is 72.4 Å². The maximum Gasteiger partial charge on any atom is 0.237 e. The van der Waals surface area contributed by atoms with E-state index in [-0.39, 0.29) is 12.2 Å². The molecule has 3 heterocycles. The second-order valence-corrected chi connectivity index (χ2v) is 7.68. The van der Waals surface area contributed by atoms with E-state index in [4.69, 9.17) is 14.5 Å². The number of ether oxygens (including phenoxy) is 2. The van der Waals surface area contributed by atoms with Gasteiger partial charge in [0.05, 0.1) is 19.3 Å². The monoisotopic (exact) mass is 405 g/mol. The van der Waals surface area contributed by atoms with Gasteiger partial charge in [-0.1, -0.05) is 29.8 Å². The van der Waals surface area contributed by atoms with Crippen LogP contribution in [0.1, 0.15) is 19.4 Å². The molecule has 0 unspecified atom stereocenters. The van der Waals surface area contributed by atoms with E-state index in [1.54, 1.807) is 13.3 Å². The second kappa shape index (κ2) is 8.67. The average molecular weight is 406 g/mol. The van der Waals surface area contributed by atoms with Gasteiger partial charge in [-0.15, -0.1) is 0 Å². The first-order chi connectivity index (χ1) is 14.5. The van der Waals surface area contributed by atoms with Crippen molar-refractivity contribution in [3.05, 3.63) is 54.4 Å². The van der Waals surface area contributed by atoms with Crippen LogP contribution in [0.2, 0.25) is 0 Å². The Kier molecular flexibility index (Phi) is 5.81. The highest BCUT2D eigenvalue weighted by molar-refractivity contribution is 5.72. The highest BCUT2D eigenvalue weighted by Crippen LogP contribution is 2.30. The van der Waals surface area contributed by atoms with Crippen LogP contribution in [0.25, 0.3) is 11.1 Å². The third-order valence-corrected chi connectivity index (χ3v) is 5.04. The van der Waals surface area contributed by atoms with Gasteiger partial charge in [-0.3, -0.25) is 0 Å². The SMILES string of the molecule is COc1ncc(-c2ccc(C)cc2)cc1Nc1ccnc(N2C[C@@H](C)O[C@@H](C)C2)n1. The Balaban J connectivity index is 1.60. The van der Waals surface area contributed by atoms with Crippen LogP contribution in [0, 0.1) is 6.92 Å². The summed E-state index contributed by atoms with van der Waals surface area (Å²) in [6.45, 7) is 7.74. The summed E-state index contributed by atoms with van der Waals surface area (Å²) in [6.07, 6.45) is 3.87. The van der Waals surface area contributed by atoms with Gasteiger partial charge < -0.3 is 19.7 Å². The molecule has 0 saturated carbocycles. The van der Waals surface area contributed by atoms with Gasteiger partial charge in [0.1, 0.15) is 11.5 Å². The smallest absolute Gasteiger partial charge is 0.237 e. The molecule has 1 aliphatic rings. The van der Waals surface area contributed by atoms with Crippen molar-refractivity contribution >= 4 is 17.5 Å². The molecule has 7 heteroatoms. The van der Waals surface area contributed by atoms with Crippen molar-refractivity contribution in [2.24, 2.45) is 0 Å². The first-order valence-electron chi connectivity index (χ1n) is 10.1. The minimum absolute atomic E-state index is 0.143. The number of aryl methyl sites for hydroxylation is 1. The zero-order chi connectivity index (χ0) is 21.1. The fraction of sp³-hybridized carbons (Fsp3) is 0.348. The number of pyridine rings is 1. The number of hydrogen-bond donors (Lipinski definition) is 1. The number of morpholine rings is 1. The number of rotatable bonds is 5. The number of methoxy groups -OCH3 is 1. The molecule has 0 radical (unpaired) electrons. The largest absolute Gasteiger partial charge is 0.480 e. The molecule has 3 aromatic rings. The first kappa shape index (κ1) is 20.1. The summed E-state index contributed by atoms with van der Waals surface area (Å²) in [5.74, 6) is 1.89. The Morgan fingerprint density at radius 2 is 1.77 bits per heavy atom. The molecule has 7 nitrogen and oxygen atoms in total. The van der Waals surface area contributed by atoms with Crippen molar-refractivity contribution in [1.29, 1.82) is 0 Å². The van der Waals surface area contributed by atoms with Gasteiger partial charge in [-0.25, -0.2) is 9.97 Å². The Labute approximate surface area is 177 Å². The van der Waals surface area contributed by atoms with E-state index in [1.165, 1.54) is 5.56 Å². The van der Waals surface area contributed by atoms with Gasteiger partial charge in [0, 0.05) is 31.0 Å². The molecule has 1 aromatic carbocycles. The third-order valence-electron chi connectivity index (χ3n) is 5.04. The molecule has 1 fully saturated rings. The van der Waals surface area contributed by atoms with Crippen molar-refractivity contribution in [3.63, 3.8) is 0 Å². The quantitative estimate of drug-likeness (QED) is 0.681. The number of anilines is 3. The third kappa shape index (κ3) is 4.52. The normalized spacial score (nSPS) is 18.9. The molecule has 0 aliphatic carbocycles. The van der Waals surface area contributed by atoms with Crippen LogP contribution in [0.5, 0.6) is 5.88 Å². The van der Waals surface area contributed by atoms with Gasteiger partial charge in [-0.05, 0) is 38.5 Å². The van der Waals surface area contributed by atoms with E-state index in [9.17, 15) is 0 Å². The molecule has 30 heavy (non-hydrogen) atoms. The highest BCUT2D eigenvalue weighted by Gasteiger charge is 2.24. The lowest BCUT2D eigenvalue weighted by Gasteiger charge is -2.35. The standard InChI is InChI=1S/C23H27N5O2/c1-15-5-7-18(8-6-15)19-11-20(22(29-4)25-12-19)26-21-9-10-24-23(27-21)28-13-16(2)30-17(3)14-28/h5-12,16-17H,13-14H2,1-4H3,(H,24,26,27)/t16-,17+. The minimum Gasteiger partial charge on any atom is -0.480 e. The van der Waals surface area contributed by atoms with Gasteiger partial charge in [-0.2, -0.15) is 4.98 Å². The summed E-state index contributed by atoms with van der Waals surface area (Å²) < 4.78 is 11.3. The second-order valence-electron chi connectivity index (χ2n) is 7.68. The zero-order valence-corrected chi connectivity index (χ0v) is 17.8. The molecule has 1 N–H and O–H groups in total. The predicted octanol–water partition coefficient (Wildman–Crippen LogP) is 4.21. The molecule has 156 valence electrons. The molecule has 0 bridgehead atoms. The van der Waals surface area contributed by atoms with Crippen LogP contribution in [0.4, 0.5) is 17.5 Å². The average Bonchev–Trinajstić information content (AvgIpc) is 2.74. The van der Waals surface area contributed by atoms with E-state index in [2.05, 4.69) is 65.2 Å². The highest BCUT2D eigenvalue weighted by atomic mass is 16.5. The molecule has 0 spiro atoms. The summed E-state index contributed by atoms with van der Waals surface area (Å²) in [6, 6.07) is 12.2. The summed E-state index contributed by atoms with van der Waals surface area (Å²) in [4.78, 5) is 15.8. The molecule has 2 atom stereocenters. The van der Waals surface area contributed by atoms with Crippen LogP contribution in [-0.2, 0) is 4.74 Å². The van der Waals surface area contributed by atoms with Crippen LogP contribution in [0.15, 0.2) is 48.8 Å². The van der Waals surface area contributed by atoms with Crippen molar-refractivity contribution in [2.75, 3.05) is 30.4 Å². The van der Waals surface area contributed by atoms with Crippen LogP contribution >= 0.6 is 0 Å². The summed E-state index contributed by atoms with van der Waals surface area (Å²) in [5, 5.41) is 3.35. The first-order valence-corrected chi connectivity index (χ1v) is 10.1. The van der Waals surface area contributed by atoms with Gasteiger partial charge in [0.15, 0.2) is 0 Å². The number of aromatic nitrogens is 3. The van der Waals surface area contributed by atoms with E-state index >= 15 is 0 Å². The van der Waals surface area contributed by atoms with E-state index < -0.39 is 0 Å². The number of nitrogens with zero attached hydrogens (tertiary/aromatic N) is 4.